The molecule has 5 nitrogen and oxygen atoms in total. The highest BCUT2D eigenvalue weighted by molar-refractivity contribution is 5.37. The van der Waals surface area contributed by atoms with Crippen LogP contribution in [0.5, 0.6) is 0 Å². The van der Waals surface area contributed by atoms with E-state index in [1.165, 1.54) is 12.1 Å². The van der Waals surface area contributed by atoms with E-state index >= 15 is 0 Å². The van der Waals surface area contributed by atoms with Crippen LogP contribution >= 0.6 is 0 Å². The molecule has 0 bridgehead atoms. The van der Waals surface area contributed by atoms with E-state index in [2.05, 4.69) is 15.7 Å². The maximum atomic E-state index is 13.1. The topological polar surface area (TPSA) is 62.1 Å². The zero-order valence-electron chi connectivity index (χ0n) is 13.5. The van der Waals surface area contributed by atoms with E-state index in [4.69, 9.17) is 0 Å². The largest absolute Gasteiger partial charge is 0.391 e. The molecule has 0 radical (unpaired) electrons. The summed E-state index contributed by atoms with van der Waals surface area (Å²) >= 11 is 0. The highest BCUT2D eigenvalue weighted by atomic mass is 19.1. The molecule has 2 heterocycles. The van der Waals surface area contributed by atoms with Crippen LogP contribution in [0.3, 0.4) is 0 Å². The highest BCUT2D eigenvalue weighted by Gasteiger charge is 2.24. The fourth-order valence-electron chi connectivity index (χ4n) is 3.07. The normalized spacial score (nSPS) is 21.0. The van der Waals surface area contributed by atoms with Crippen LogP contribution in [0.2, 0.25) is 0 Å². The van der Waals surface area contributed by atoms with Crippen molar-refractivity contribution < 1.29 is 9.50 Å². The molecule has 0 spiro atoms. The molecule has 2 atom stereocenters. The summed E-state index contributed by atoms with van der Waals surface area (Å²) in [7, 11) is 0. The summed E-state index contributed by atoms with van der Waals surface area (Å²) in [5.41, 5.74) is 4.01. The molecular weight excluding hydrogens is 295 g/mol. The molecule has 124 valence electrons. The molecule has 1 saturated heterocycles. The maximum Gasteiger partial charge on any atom is 0.123 e. The SMILES string of the molecule is Cc1nn(-c2ccc(F)cc2)c(C)c1CNCC1CNCC1O. The average molecular weight is 318 g/mol. The number of aliphatic hydroxyl groups is 1. The van der Waals surface area contributed by atoms with Crippen molar-refractivity contribution in [3.05, 3.63) is 47.0 Å². The molecule has 1 aromatic heterocycles. The molecule has 1 aliphatic heterocycles. The lowest BCUT2D eigenvalue weighted by Gasteiger charge is -2.14. The van der Waals surface area contributed by atoms with E-state index in [9.17, 15) is 9.50 Å². The third-order valence-corrected chi connectivity index (χ3v) is 4.52. The molecule has 0 saturated carbocycles. The Balaban J connectivity index is 1.69. The predicted molar refractivity (Wildman–Crippen MR) is 87.1 cm³/mol. The van der Waals surface area contributed by atoms with Crippen LogP contribution in [0.4, 0.5) is 4.39 Å². The van der Waals surface area contributed by atoms with E-state index in [0.29, 0.717) is 13.1 Å². The predicted octanol–water partition coefficient (Wildman–Crippen LogP) is 1.30. The average Bonchev–Trinajstić information content (AvgIpc) is 3.06. The molecular formula is C17H23FN4O. The van der Waals surface area contributed by atoms with Gasteiger partial charge < -0.3 is 15.7 Å². The first kappa shape index (κ1) is 16.1. The van der Waals surface area contributed by atoms with Crippen molar-refractivity contribution in [3.63, 3.8) is 0 Å². The second kappa shape index (κ2) is 6.78. The molecule has 0 amide bonds. The van der Waals surface area contributed by atoms with Gasteiger partial charge in [-0.15, -0.1) is 0 Å². The Bertz CT molecular complexity index is 668. The number of β-amino-alcohol motifs (C(OH)–C–C–N with tert-alkyl or cyclic N) is 1. The summed E-state index contributed by atoms with van der Waals surface area (Å²) in [5, 5.41) is 21.0. The van der Waals surface area contributed by atoms with Crippen LogP contribution in [0.15, 0.2) is 24.3 Å². The van der Waals surface area contributed by atoms with E-state index in [-0.39, 0.29) is 17.8 Å². The van der Waals surface area contributed by atoms with Crippen molar-refractivity contribution >= 4 is 0 Å². The van der Waals surface area contributed by atoms with Gasteiger partial charge in [0.15, 0.2) is 0 Å². The van der Waals surface area contributed by atoms with Crippen molar-refractivity contribution in [2.75, 3.05) is 19.6 Å². The van der Waals surface area contributed by atoms with Crippen molar-refractivity contribution in [1.82, 2.24) is 20.4 Å². The first-order chi connectivity index (χ1) is 11.1. The quantitative estimate of drug-likeness (QED) is 0.778. The number of hydrogen-bond acceptors (Lipinski definition) is 4. The molecule has 0 aliphatic carbocycles. The summed E-state index contributed by atoms with van der Waals surface area (Å²) in [6, 6.07) is 6.34. The van der Waals surface area contributed by atoms with Crippen molar-refractivity contribution in [1.29, 1.82) is 0 Å². The van der Waals surface area contributed by atoms with Gasteiger partial charge in [-0.1, -0.05) is 0 Å². The zero-order chi connectivity index (χ0) is 16.4. The second-order valence-corrected chi connectivity index (χ2v) is 6.15. The maximum absolute atomic E-state index is 13.1. The van der Waals surface area contributed by atoms with Crippen LogP contribution in [0, 0.1) is 25.6 Å². The first-order valence-electron chi connectivity index (χ1n) is 7.97. The molecule has 1 aromatic carbocycles. The van der Waals surface area contributed by atoms with Crippen LogP contribution in [0.25, 0.3) is 5.69 Å². The third kappa shape index (κ3) is 3.44. The summed E-state index contributed by atoms with van der Waals surface area (Å²) < 4.78 is 14.9. The lowest BCUT2D eigenvalue weighted by Crippen LogP contribution is -2.30. The number of nitrogens with one attached hydrogen (secondary N) is 2. The zero-order valence-corrected chi connectivity index (χ0v) is 13.5. The van der Waals surface area contributed by atoms with E-state index in [1.807, 2.05) is 18.5 Å². The van der Waals surface area contributed by atoms with Gasteiger partial charge >= 0.3 is 0 Å². The van der Waals surface area contributed by atoms with Crippen LogP contribution in [-0.2, 0) is 6.54 Å². The number of halogens is 1. The summed E-state index contributed by atoms with van der Waals surface area (Å²) in [6.45, 7) is 7.01. The van der Waals surface area contributed by atoms with Gasteiger partial charge in [-0.2, -0.15) is 5.10 Å². The lowest BCUT2D eigenvalue weighted by atomic mass is 10.1. The van der Waals surface area contributed by atoms with Gasteiger partial charge in [0.25, 0.3) is 0 Å². The summed E-state index contributed by atoms with van der Waals surface area (Å²) in [4.78, 5) is 0. The summed E-state index contributed by atoms with van der Waals surface area (Å²) in [6.07, 6.45) is -0.272. The van der Waals surface area contributed by atoms with Gasteiger partial charge in [0, 0.05) is 43.4 Å². The molecule has 2 unspecified atom stereocenters. The fraction of sp³-hybridized carbons (Fsp3) is 0.471. The lowest BCUT2D eigenvalue weighted by molar-refractivity contribution is 0.146. The van der Waals surface area contributed by atoms with Gasteiger partial charge in [-0.3, -0.25) is 0 Å². The van der Waals surface area contributed by atoms with Gasteiger partial charge in [0.2, 0.25) is 0 Å². The Morgan fingerprint density at radius 1 is 1.30 bits per heavy atom. The highest BCUT2D eigenvalue weighted by Crippen LogP contribution is 2.18. The minimum atomic E-state index is -0.272. The Hall–Kier alpha value is -1.76. The molecule has 1 fully saturated rings. The Morgan fingerprint density at radius 3 is 2.70 bits per heavy atom. The molecule has 3 N–H and O–H groups in total. The molecule has 2 aromatic rings. The smallest absolute Gasteiger partial charge is 0.123 e. The Kier molecular flexibility index (Phi) is 4.75. The minimum absolute atomic E-state index is 0.249. The Morgan fingerprint density at radius 2 is 2.04 bits per heavy atom. The van der Waals surface area contributed by atoms with E-state index < -0.39 is 0 Å². The molecule has 6 heteroatoms. The number of benzene rings is 1. The van der Waals surface area contributed by atoms with Crippen molar-refractivity contribution in [2.45, 2.75) is 26.5 Å². The van der Waals surface area contributed by atoms with Crippen LogP contribution in [-0.4, -0.2) is 40.6 Å². The van der Waals surface area contributed by atoms with Gasteiger partial charge in [-0.05, 0) is 38.1 Å². The minimum Gasteiger partial charge on any atom is -0.391 e. The third-order valence-electron chi connectivity index (χ3n) is 4.52. The van der Waals surface area contributed by atoms with Gasteiger partial charge in [0.1, 0.15) is 5.82 Å². The summed E-state index contributed by atoms with van der Waals surface area (Å²) in [5.74, 6) is 0.00339. The monoisotopic (exact) mass is 318 g/mol. The number of aromatic nitrogens is 2. The van der Waals surface area contributed by atoms with Crippen molar-refractivity contribution in [2.24, 2.45) is 5.92 Å². The van der Waals surface area contributed by atoms with Gasteiger partial charge in [0.05, 0.1) is 17.5 Å². The van der Waals surface area contributed by atoms with E-state index in [0.717, 1.165) is 35.7 Å². The van der Waals surface area contributed by atoms with Crippen LogP contribution < -0.4 is 10.6 Å². The first-order valence-corrected chi connectivity index (χ1v) is 7.97. The fourth-order valence-corrected chi connectivity index (χ4v) is 3.07. The number of nitrogens with zero attached hydrogens (tertiary/aromatic N) is 2. The van der Waals surface area contributed by atoms with Gasteiger partial charge in [-0.25, -0.2) is 9.07 Å². The standard InChI is InChI=1S/C17H23FN4O/c1-11-16(9-19-7-13-8-20-10-17(13)23)12(2)22(21-11)15-5-3-14(18)4-6-15/h3-6,13,17,19-20,23H,7-10H2,1-2H3. The van der Waals surface area contributed by atoms with Crippen molar-refractivity contribution in [3.8, 4) is 5.69 Å². The number of aliphatic hydroxyl groups excluding tert-OH is 1. The van der Waals surface area contributed by atoms with E-state index in [1.54, 1.807) is 12.1 Å². The second-order valence-electron chi connectivity index (χ2n) is 6.15. The number of rotatable bonds is 5. The molecule has 23 heavy (non-hydrogen) atoms. The van der Waals surface area contributed by atoms with Crippen LogP contribution in [0.1, 0.15) is 17.0 Å². The number of aryl methyl sites for hydroxylation is 1. The molecule has 3 rings (SSSR count). The number of hydrogen-bond donors (Lipinski definition) is 3. The molecule has 1 aliphatic rings. The Labute approximate surface area is 135 Å².